The third kappa shape index (κ3) is 2.93. The van der Waals surface area contributed by atoms with Crippen molar-refractivity contribution in [1.82, 2.24) is 0 Å². The van der Waals surface area contributed by atoms with Gasteiger partial charge in [-0.05, 0) is 12.1 Å². The molecule has 0 amide bonds. The minimum absolute atomic E-state index is 0.0607. The van der Waals surface area contributed by atoms with Gasteiger partial charge in [0, 0.05) is 12.0 Å². The van der Waals surface area contributed by atoms with Crippen molar-refractivity contribution in [3.8, 4) is 11.8 Å². The van der Waals surface area contributed by atoms with E-state index in [1.54, 1.807) is 18.2 Å². The second-order valence-electron chi connectivity index (χ2n) is 2.38. The van der Waals surface area contributed by atoms with Crippen molar-refractivity contribution < 1.29 is 5.11 Å². The third-order valence-electron chi connectivity index (χ3n) is 1.41. The van der Waals surface area contributed by atoms with Crippen LogP contribution in [0.5, 0.6) is 0 Å². The summed E-state index contributed by atoms with van der Waals surface area (Å²) < 4.78 is 0. The Morgan fingerprint density at radius 3 is 2.77 bits per heavy atom. The van der Waals surface area contributed by atoms with Crippen molar-refractivity contribution in [1.29, 1.82) is 0 Å². The van der Waals surface area contributed by atoms with Gasteiger partial charge in [0.05, 0.1) is 16.7 Å². The molecule has 3 heteroatoms. The Morgan fingerprint density at radius 2 is 2.08 bits per heavy atom. The quantitative estimate of drug-likeness (QED) is 0.714. The van der Waals surface area contributed by atoms with Crippen LogP contribution >= 0.6 is 23.2 Å². The molecule has 0 atom stereocenters. The molecule has 0 aliphatic carbocycles. The molecule has 0 bridgehead atoms. The topological polar surface area (TPSA) is 20.2 Å². The maximum absolute atomic E-state index is 8.51. The summed E-state index contributed by atoms with van der Waals surface area (Å²) in [4.78, 5) is 0. The maximum Gasteiger partial charge on any atom is 0.0748 e. The highest BCUT2D eigenvalue weighted by molar-refractivity contribution is 6.42. The van der Waals surface area contributed by atoms with E-state index in [1.807, 2.05) is 0 Å². The molecule has 1 nitrogen and oxygen atoms in total. The number of aliphatic hydroxyl groups excluding tert-OH is 1. The van der Waals surface area contributed by atoms with Crippen LogP contribution in [0.3, 0.4) is 0 Å². The van der Waals surface area contributed by atoms with E-state index in [4.69, 9.17) is 28.3 Å². The van der Waals surface area contributed by atoms with Crippen molar-refractivity contribution in [2.24, 2.45) is 0 Å². The molecule has 0 heterocycles. The summed E-state index contributed by atoms with van der Waals surface area (Å²) in [5.41, 5.74) is 0.697. The first-order chi connectivity index (χ1) is 6.25. The molecule has 0 spiro atoms. The van der Waals surface area contributed by atoms with Crippen molar-refractivity contribution in [3.63, 3.8) is 0 Å². The average Bonchev–Trinajstić information content (AvgIpc) is 2.13. The summed E-state index contributed by atoms with van der Waals surface area (Å²) >= 11 is 11.7. The minimum Gasteiger partial charge on any atom is -0.395 e. The van der Waals surface area contributed by atoms with Crippen LogP contribution in [0.2, 0.25) is 10.0 Å². The predicted octanol–water partition coefficient (Wildman–Crippen LogP) is 2.73. The summed E-state index contributed by atoms with van der Waals surface area (Å²) in [6.07, 6.45) is 0.447. The molecular formula is C10H8Cl2O. The Hall–Kier alpha value is -0.680. The van der Waals surface area contributed by atoms with Gasteiger partial charge >= 0.3 is 0 Å². The van der Waals surface area contributed by atoms with Crippen molar-refractivity contribution in [3.05, 3.63) is 33.8 Å². The number of hydrogen-bond acceptors (Lipinski definition) is 1. The van der Waals surface area contributed by atoms with Crippen molar-refractivity contribution in [2.45, 2.75) is 6.42 Å². The van der Waals surface area contributed by atoms with Gasteiger partial charge in [-0.2, -0.15) is 0 Å². The van der Waals surface area contributed by atoms with Gasteiger partial charge in [0.25, 0.3) is 0 Å². The van der Waals surface area contributed by atoms with Gasteiger partial charge < -0.3 is 5.11 Å². The molecule has 0 saturated heterocycles. The van der Waals surface area contributed by atoms with Gasteiger partial charge in [0.1, 0.15) is 0 Å². The van der Waals surface area contributed by atoms with Gasteiger partial charge in [-0.3, -0.25) is 0 Å². The summed E-state index contributed by atoms with van der Waals surface area (Å²) in [7, 11) is 0. The van der Waals surface area contributed by atoms with Crippen molar-refractivity contribution >= 4 is 23.2 Å². The molecule has 0 fully saturated rings. The van der Waals surface area contributed by atoms with Crippen LogP contribution in [0, 0.1) is 11.8 Å². The van der Waals surface area contributed by atoms with Crippen LogP contribution in [0.25, 0.3) is 0 Å². The van der Waals surface area contributed by atoms with Crippen LogP contribution in [0.4, 0.5) is 0 Å². The Labute approximate surface area is 87.3 Å². The normalized spacial score (nSPS) is 9.15. The monoisotopic (exact) mass is 214 g/mol. The molecule has 0 unspecified atom stereocenters. The van der Waals surface area contributed by atoms with Crippen LogP contribution in [0.15, 0.2) is 18.2 Å². The summed E-state index contributed by atoms with van der Waals surface area (Å²) in [5, 5.41) is 9.47. The van der Waals surface area contributed by atoms with E-state index in [0.29, 0.717) is 22.0 Å². The lowest BCUT2D eigenvalue weighted by Gasteiger charge is -1.96. The van der Waals surface area contributed by atoms with E-state index in [2.05, 4.69) is 11.8 Å². The highest BCUT2D eigenvalue weighted by Gasteiger charge is 1.99. The van der Waals surface area contributed by atoms with E-state index in [9.17, 15) is 0 Å². The predicted molar refractivity (Wildman–Crippen MR) is 55.0 cm³/mol. The fraction of sp³-hybridized carbons (Fsp3) is 0.200. The lowest BCUT2D eigenvalue weighted by atomic mass is 10.2. The van der Waals surface area contributed by atoms with Crippen LogP contribution in [-0.2, 0) is 0 Å². The minimum atomic E-state index is 0.0607. The second-order valence-corrected chi connectivity index (χ2v) is 3.16. The fourth-order valence-electron chi connectivity index (χ4n) is 0.814. The third-order valence-corrected chi connectivity index (χ3v) is 2.23. The number of rotatable bonds is 1. The molecule has 0 saturated carbocycles. The molecule has 0 aliphatic rings. The van der Waals surface area contributed by atoms with Gasteiger partial charge in [-0.25, -0.2) is 0 Å². The largest absolute Gasteiger partial charge is 0.395 e. The molecule has 1 rings (SSSR count). The number of halogens is 2. The molecule has 68 valence electrons. The fourth-order valence-corrected chi connectivity index (χ4v) is 1.16. The van der Waals surface area contributed by atoms with Gasteiger partial charge in [0.15, 0.2) is 0 Å². The number of benzene rings is 1. The SMILES string of the molecule is OCCC#Cc1cccc(Cl)c1Cl. The Kier molecular flexibility index (Phi) is 4.11. The first-order valence-corrected chi connectivity index (χ1v) is 4.55. The Bertz CT molecular complexity index is 350. The average molecular weight is 215 g/mol. The van der Waals surface area contributed by atoms with Gasteiger partial charge in [-0.1, -0.05) is 41.1 Å². The highest BCUT2D eigenvalue weighted by Crippen LogP contribution is 2.24. The van der Waals surface area contributed by atoms with Gasteiger partial charge in [0.2, 0.25) is 0 Å². The first-order valence-electron chi connectivity index (χ1n) is 3.79. The molecule has 0 radical (unpaired) electrons. The molecule has 0 aromatic heterocycles. The first kappa shape index (κ1) is 10.4. The van der Waals surface area contributed by atoms with Crippen LogP contribution in [-0.4, -0.2) is 11.7 Å². The lowest BCUT2D eigenvalue weighted by molar-refractivity contribution is 0.305. The molecule has 0 aliphatic heterocycles. The second kappa shape index (κ2) is 5.14. The number of hydrogen-bond donors (Lipinski definition) is 1. The lowest BCUT2D eigenvalue weighted by Crippen LogP contribution is -1.80. The summed E-state index contributed by atoms with van der Waals surface area (Å²) in [6.45, 7) is 0.0607. The zero-order valence-corrected chi connectivity index (χ0v) is 8.36. The van der Waals surface area contributed by atoms with E-state index in [-0.39, 0.29) is 6.61 Å². The Balaban J connectivity index is 2.91. The molecule has 1 aromatic rings. The van der Waals surface area contributed by atoms with E-state index < -0.39 is 0 Å². The van der Waals surface area contributed by atoms with E-state index in [0.717, 1.165) is 0 Å². The van der Waals surface area contributed by atoms with Gasteiger partial charge in [-0.15, -0.1) is 0 Å². The Morgan fingerprint density at radius 1 is 1.31 bits per heavy atom. The number of aliphatic hydroxyl groups is 1. The summed E-state index contributed by atoms with van der Waals surface area (Å²) in [6, 6.07) is 5.29. The molecule has 13 heavy (non-hydrogen) atoms. The summed E-state index contributed by atoms with van der Waals surface area (Å²) in [5.74, 6) is 5.60. The van der Waals surface area contributed by atoms with Crippen LogP contribution in [0.1, 0.15) is 12.0 Å². The van der Waals surface area contributed by atoms with Crippen LogP contribution < -0.4 is 0 Å². The molecule has 1 aromatic carbocycles. The highest BCUT2D eigenvalue weighted by atomic mass is 35.5. The molecular weight excluding hydrogens is 207 g/mol. The van der Waals surface area contributed by atoms with E-state index >= 15 is 0 Å². The maximum atomic E-state index is 8.51. The smallest absolute Gasteiger partial charge is 0.0748 e. The van der Waals surface area contributed by atoms with Crippen molar-refractivity contribution in [2.75, 3.05) is 6.61 Å². The zero-order valence-electron chi connectivity index (χ0n) is 6.85. The standard InChI is InChI=1S/C10H8Cl2O/c11-9-6-3-5-8(10(9)12)4-1-2-7-13/h3,5-6,13H,2,7H2. The zero-order chi connectivity index (χ0) is 9.68. The van der Waals surface area contributed by atoms with E-state index in [1.165, 1.54) is 0 Å². The molecule has 1 N–H and O–H groups in total.